The Bertz CT molecular complexity index is 1160. The van der Waals surface area contributed by atoms with E-state index in [-0.39, 0.29) is 18.2 Å². The minimum Gasteiger partial charge on any atom is -0.444 e. The van der Waals surface area contributed by atoms with E-state index in [1.54, 1.807) is 34.9 Å². The van der Waals surface area contributed by atoms with Crippen molar-refractivity contribution in [2.45, 2.75) is 44.9 Å². The number of hydrogen-bond donors (Lipinski definition) is 1. The van der Waals surface area contributed by atoms with Gasteiger partial charge in [0.2, 0.25) is 5.95 Å². The van der Waals surface area contributed by atoms with Gasteiger partial charge in [-0.05, 0) is 57.0 Å². The minimum absolute atomic E-state index is 0.127. The molecule has 0 aliphatic carbocycles. The number of halogens is 2. The van der Waals surface area contributed by atoms with Crippen molar-refractivity contribution >= 4 is 17.7 Å². The zero-order valence-electron chi connectivity index (χ0n) is 19.0. The lowest BCUT2D eigenvalue weighted by Gasteiger charge is -2.38. The summed E-state index contributed by atoms with van der Waals surface area (Å²) in [4.78, 5) is 18.6. The van der Waals surface area contributed by atoms with E-state index in [4.69, 9.17) is 9.47 Å². The largest absolute Gasteiger partial charge is 0.444 e. The van der Waals surface area contributed by atoms with Crippen LogP contribution in [0.25, 0.3) is 16.8 Å². The van der Waals surface area contributed by atoms with E-state index in [0.717, 1.165) is 12.1 Å². The van der Waals surface area contributed by atoms with Crippen LogP contribution >= 0.6 is 0 Å². The number of aromatic nitrogens is 3. The van der Waals surface area contributed by atoms with Gasteiger partial charge in [0.05, 0.1) is 18.7 Å². The highest BCUT2D eigenvalue weighted by molar-refractivity contribution is 5.77. The Balaban J connectivity index is 1.52. The fourth-order valence-corrected chi connectivity index (χ4v) is 3.83. The highest BCUT2D eigenvalue weighted by atomic mass is 19.2. The van der Waals surface area contributed by atoms with Crippen LogP contribution in [0.1, 0.15) is 27.2 Å². The molecule has 176 valence electrons. The van der Waals surface area contributed by atoms with E-state index in [1.165, 1.54) is 6.07 Å². The number of hydrogen-bond acceptors (Lipinski definition) is 6. The summed E-state index contributed by atoms with van der Waals surface area (Å²) < 4.78 is 39.8. The third-order valence-electron chi connectivity index (χ3n) is 5.42. The second-order valence-corrected chi connectivity index (χ2v) is 8.99. The first-order valence-corrected chi connectivity index (χ1v) is 10.7. The van der Waals surface area contributed by atoms with Crippen molar-refractivity contribution in [1.82, 2.24) is 19.5 Å². The van der Waals surface area contributed by atoms with E-state index < -0.39 is 17.2 Å². The minimum atomic E-state index is -0.924. The molecule has 10 heteroatoms. The number of amides is 1. The van der Waals surface area contributed by atoms with Crippen molar-refractivity contribution in [3.05, 3.63) is 48.2 Å². The Morgan fingerprint density at radius 1 is 1.21 bits per heavy atom. The number of pyridine rings is 1. The fraction of sp³-hybridized carbons (Fsp3) is 0.435. The molecule has 1 aliphatic rings. The smallest absolute Gasteiger partial charge is 0.410 e. The number of piperidine rings is 1. The first-order valence-electron chi connectivity index (χ1n) is 10.7. The molecular weight excluding hydrogens is 432 g/mol. The molecule has 0 spiro atoms. The molecule has 0 unspecified atom stereocenters. The van der Waals surface area contributed by atoms with Crippen LogP contribution in [0.5, 0.6) is 0 Å². The van der Waals surface area contributed by atoms with Gasteiger partial charge in [-0.15, -0.1) is 5.10 Å². The van der Waals surface area contributed by atoms with Crippen molar-refractivity contribution in [2.75, 3.05) is 25.5 Å². The SMILES string of the molecule is CO[C@H]1CN(C(=O)OC(C)(C)C)CC[C@H]1Nc1nc2c(-c3ccc(F)c(F)c3)cccn2n1. The summed E-state index contributed by atoms with van der Waals surface area (Å²) in [6, 6.07) is 7.14. The number of nitrogens with one attached hydrogen (secondary N) is 1. The van der Waals surface area contributed by atoms with E-state index in [1.807, 2.05) is 20.8 Å². The number of rotatable bonds is 4. The molecule has 8 nitrogen and oxygen atoms in total. The maximum Gasteiger partial charge on any atom is 0.410 e. The van der Waals surface area contributed by atoms with Crippen LogP contribution in [0.3, 0.4) is 0 Å². The molecule has 0 radical (unpaired) electrons. The Kier molecular flexibility index (Phi) is 6.20. The van der Waals surface area contributed by atoms with Crippen molar-refractivity contribution in [2.24, 2.45) is 0 Å². The number of methoxy groups -OCH3 is 1. The number of carbonyl (C=O) groups is 1. The summed E-state index contributed by atoms with van der Waals surface area (Å²) in [6.07, 6.45) is 1.69. The summed E-state index contributed by atoms with van der Waals surface area (Å²) in [6.45, 7) is 6.36. The highest BCUT2D eigenvalue weighted by Gasteiger charge is 2.34. The van der Waals surface area contributed by atoms with Gasteiger partial charge in [0.25, 0.3) is 0 Å². The number of likely N-dealkylation sites (tertiary alicyclic amines) is 1. The third-order valence-corrected chi connectivity index (χ3v) is 5.42. The topological polar surface area (TPSA) is 81.0 Å². The summed E-state index contributed by atoms with van der Waals surface area (Å²) >= 11 is 0. The first kappa shape index (κ1) is 22.9. The van der Waals surface area contributed by atoms with E-state index in [0.29, 0.717) is 42.2 Å². The Labute approximate surface area is 190 Å². The lowest BCUT2D eigenvalue weighted by molar-refractivity contribution is -0.0102. The first-order chi connectivity index (χ1) is 15.6. The number of anilines is 1. The summed E-state index contributed by atoms with van der Waals surface area (Å²) in [5.41, 5.74) is 1.06. The standard InChI is InChI=1S/C23H27F2N5O3/c1-23(2,3)33-22(31)29-11-9-18(19(13-29)32-4)26-21-27-20-15(6-5-10-30(20)28-21)14-7-8-16(24)17(25)12-14/h5-8,10,12,18-19H,9,11,13H2,1-4H3,(H,26,28)/t18-,19+/m1/s1. The van der Waals surface area contributed by atoms with Crippen LogP contribution in [0, 0.1) is 11.6 Å². The number of carbonyl (C=O) groups excluding carboxylic acids is 1. The fourth-order valence-electron chi connectivity index (χ4n) is 3.83. The molecule has 3 aromatic rings. The number of nitrogens with zero attached hydrogens (tertiary/aromatic N) is 4. The summed E-state index contributed by atoms with van der Waals surface area (Å²) in [7, 11) is 1.59. The normalized spacial score (nSPS) is 19.0. The van der Waals surface area contributed by atoms with Gasteiger partial charge in [0, 0.05) is 25.4 Å². The number of fused-ring (bicyclic) bond motifs is 1. The Morgan fingerprint density at radius 2 is 2.00 bits per heavy atom. The van der Waals surface area contributed by atoms with Crippen LogP contribution in [0.15, 0.2) is 36.5 Å². The summed E-state index contributed by atoms with van der Waals surface area (Å²) in [5.74, 6) is -1.45. The molecule has 1 N–H and O–H groups in total. The molecular formula is C23H27F2N5O3. The zero-order chi connectivity index (χ0) is 23.8. The molecule has 1 amide bonds. The number of ether oxygens (including phenoxy) is 2. The van der Waals surface area contributed by atoms with Crippen LogP contribution in [-0.2, 0) is 9.47 Å². The van der Waals surface area contributed by atoms with Crippen molar-refractivity contribution in [3.8, 4) is 11.1 Å². The monoisotopic (exact) mass is 459 g/mol. The maximum absolute atomic E-state index is 13.8. The average molecular weight is 459 g/mol. The average Bonchev–Trinajstić information content (AvgIpc) is 3.17. The summed E-state index contributed by atoms with van der Waals surface area (Å²) in [5, 5.41) is 7.77. The van der Waals surface area contributed by atoms with Gasteiger partial charge in [-0.25, -0.2) is 18.1 Å². The molecule has 3 heterocycles. The second-order valence-electron chi connectivity index (χ2n) is 8.99. The van der Waals surface area contributed by atoms with E-state index in [9.17, 15) is 13.6 Å². The van der Waals surface area contributed by atoms with Crippen molar-refractivity contribution in [1.29, 1.82) is 0 Å². The molecule has 1 fully saturated rings. The van der Waals surface area contributed by atoms with Crippen molar-refractivity contribution < 1.29 is 23.0 Å². The lowest BCUT2D eigenvalue weighted by atomic mass is 10.0. The molecule has 33 heavy (non-hydrogen) atoms. The van der Waals surface area contributed by atoms with Gasteiger partial charge >= 0.3 is 6.09 Å². The molecule has 2 aromatic heterocycles. The van der Waals surface area contributed by atoms with Crippen LogP contribution in [0.4, 0.5) is 19.5 Å². The molecule has 1 saturated heterocycles. The predicted molar refractivity (Wildman–Crippen MR) is 119 cm³/mol. The second kappa shape index (κ2) is 8.93. The van der Waals surface area contributed by atoms with Crippen LogP contribution in [0.2, 0.25) is 0 Å². The Morgan fingerprint density at radius 3 is 2.70 bits per heavy atom. The van der Waals surface area contributed by atoms with Gasteiger partial charge < -0.3 is 19.7 Å². The van der Waals surface area contributed by atoms with Gasteiger partial charge in [-0.2, -0.15) is 4.98 Å². The molecule has 4 rings (SSSR count). The van der Waals surface area contributed by atoms with Crippen LogP contribution in [-0.4, -0.2) is 63.5 Å². The van der Waals surface area contributed by atoms with Crippen LogP contribution < -0.4 is 5.32 Å². The molecule has 1 aliphatic heterocycles. The molecule has 2 atom stereocenters. The van der Waals surface area contributed by atoms with Gasteiger partial charge in [-0.1, -0.05) is 6.07 Å². The van der Waals surface area contributed by atoms with E-state index >= 15 is 0 Å². The maximum atomic E-state index is 13.8. The van der Waals surface area contributed by atoms with Gasteiger partial charge in [0.1, 0.15) is 5.60 Å². The lowest BCUT2D eigenvalue weighted by Crippen LogP contribution is -2.53. The van der Waals surface area contributed by atoms with Crippen molar-refractivity contribution in [3.63, 3.8) is 0 Å². The number of benzene rings is 1. The Hall–Kier alpha value is -3.27. The van der Waals surface area contributed by atoms with Gasteiger partial charge in [0.15, 0.2) is 17.3 Å². The highest BCUT2D eigenvalue weighted by Crippen LogP contribution is 2.26. The van der Waals surface area contributed by atoms with E-state index in [2.05, 4.69) is 15.4 Å². The quantitative estimate of drug-likeness (QED) is 0.633. The molecule has 1 aromatic carbocycles. The third kappa shape index (κ3) is 5.05. The zero-order valence-corrected chi connectivity index (χ0v) is 19.0. The molecule has 0 bridgehead atoms. The molecule has 0 saturated carbocycles. The predicted octanol–water partition coefficient (Wildman–Crippen LogP) is 4.11. The van der Waals surface area contributed by atoms with Gasteiger partial charge in [-0.3, -0.25) is 0 Å².